The van der Waals surface area contributed by atoms with E-state index in [9.17, 15) is 0 Å². The van der Waals surface area contributed by atoms with E-state index in [0.29, 0.717) is 0 Å². The Hall–Kier alpha value is -0.520. The molecule has 0 fully saturated rings. The van der Waals surface area contributed by atoms with Gasteiger partial charge in [-0.1, -0.05) is 37.1 Å². The van der Waals surface area contributed by atoms with Crippen molar-refractivity contribution >= 4 is 0 Å². The van der Waals surface area contributed by atoms with Crippen LogP contribution in [0, 0.1) is 0 Å². The van der Waals surface area contributed by atoms with E-state index in [1.165, 1.54) is 51.4 Å². The molecule has 0 atom stereocenters. The van der Waals surface area contributed by atoms with E-state index in [4.69, 9.17) is 0 Å². The van der Waals surface area contributed by atoms with Crippen LogP contribution in [0.4, 0.5) is 0 Å². The Balaban J connectivity index is 2.19. The maximum absolute atomic E-state index is 2.34. The fourth-order valence-corrected chi connectivity index (χ4v) is 1.54. The van der Waals surface area contributed by atoms with Crippen LogP contribution in [-0.4, -0.2) is 0 Å². The number of hydrogen-bond acceptors (Lipinski definition) is 0. The van der Waals surface area contributed by atoms with E-state index in [2.05, 4.69) is 24.3 Å². The van der Waals surface area contributed by atoms with Gasteiger partial charge in [0, 0.05) is 0 Å². The molecular formula is C12H20. The topological polar surface area (TPSA) is 0 Å². The highest BCUT2D eigenvalue weighted by molar-refractivity contribution is 4.88. The predicted molar refractivity (Wildman–Crippen MR) is 55.2 cm³/mol. The van der Waals surface area contributed by atoms with Gasteiger partial charge in [-0.2, -0.15) is 0 Å². The summed E-state index contributed by atoms with van der Waals surface area (Å²) in [5, 5.41) is 0. The lowest BCUT2D eigenvalue weighted by molar-refractivity contribution is 0.650. The lowest BCUT2D eigenvalue weighted by Gasteiger charge is -1.98. The molecule has 0 saturated heterocycles. The summed E-state index contributed by atoms with van der Waals surface area (Å²) in [7, 11) is 0. The van der Waals surface area contributed by atoms with Crippen LogP contribution < -0.4 is 0 Å². The smallest absolute Gasteiger partial charge is 0.0316 e. The lowest BCUT2D eigenvalue weighted by Crippen LogP contribution is -1.78. The molecule has 1 aliphatic carbocycles. The van der Waals surface area contributed by atoms with Crippen LogP contribution in [0.15, 0.2) is 24.3 Å². The minimum Gasteiger partial charge on any atom is -0.0885 e. The normalized spacial score (nSPS) is 26.7. The van der Waals surface area contributed by atoms with Crippen LogP contribution in [0.25, 0.3) is 0 Å². The second-order valence-corrected chi connectivity index (χ2v) is 3.51. The van der Waals surface area contributed by atoms with Crippen LogP contribution in [0.2, 0.25) is 0 Å². The minimum atomic E-state index is 1.23. The molecule has 0 amide bonds. The van der Waals surface area contributed by atoms with E-state index in [1.807, 2.05) is 0 Å². The van der Waals surface area contributed by atoms with E-state index < -0.39 is 0 Å². The van der Waals surface area contributed by atoms with Crippen molar-refractivity contribution in [3.05, 3.63) is 24.3 Å². The zero-order chi connectivity index (χ0) is 8.49. The first-order valence-corrected chi connectivity index (χ1v) is 5.30. The van der Waals surface area contributed by atoms with Crippen LogP contribution in [-0.2, 0) is 0 Å². The molecule has 0 aliphatic heterocycles. The van der Waals surface area contributed by atoms with E-state index in [-0.39, 0.29) is 0 Å². The molecule has 0 heterocycles. The average molecular weight is 164 g/mol. The monoisotopic (exact) mass is 164 g/mol. The van der Waals surface area contributed by atoms with Gasteiger partial charge in [0.05, 0.1) is 0 Å². The van der Waals surface area contributed by atoms with Crippen molar-refractivity contribution < 1.29 is 0 Å². The average Bonchev–Trinajstić information content (AvgIpc) is 2.05. The molecule has 0 bridgehead atoms. The Morgan fingerprint density at radius 1 is 0.417 bits per heavy atom. The Labute approximate surface area is 76.4 Å². The summed E-state index contributed by atoms with van der Waals surface area (Å²) >= 11 is 0. The minimum absolute atomic E-state index is 1.23. The van der Waals surface area contributed by atoms with Gasteiger partial charge in [0.25, 0.3) is 0 Å². The summed E-state index contributed by atoms with van der Waals surface area (Å²) in [6, 6.07) is 0. The van der Waals surface area contributed by atoms with E-state index in [0.717, 1.165) is 0 Å². The summed E-state index contributed by atoms with van der Waals surface area (Å²) in [6.07, 6.45) is 20.0. The second kappa shape index (κ2) is 7.15. The molecule has 0 aromatic heterocycles. The van der Waals surface area contributed by atoms with Gasteiger partial charge in [0.2, 0.25) is 0 Å². The van der Waals surface area contributed by atoms with Crippen molar-refractivity contribution in [3.63, 3.8) is 0 Å². The third-order valence-corrected chi connectivity index (χ3v) is 2.32. The van der Waals surface area contributed by atoms with Gasteiger partial charge < -0.3 is 0 Å². The quantitative estimate of drug-likeness (QED) is 0.470. The third kappa shape index (κ3) is 5.17. The highest BCUT2D eigenvalue weighted by Crippen LogP contribution is 2.08. The Morgan fingerprint density at radius 2 is 0.833 bits per heavy atom. The number of allylic oxidation sites excluding steroid dienone is 4. The molecule has 12 heavy (non-hydrogen) atoms. The largest absolute Gasteiger partial charge is 0.0885 e. The molecule has 68 valence electrons. The molecule has 0 nitrogen and oxygen atoms in total. The Morgan fingerprint density at radius 3 is 1.33 bits per heavy atom. The van der Waals surface area contributed by atoms with Gasteiger partial charge in [0.1, 0.15) is 0 Å². The third-order valence-electron chi connectivity index (χ3n) is 2.32. The van der Waals surface area contributed by atoms with Gasteiger partial charge in [-0.05, 0) is 38.5 Å². The van der Waals surface area contributed by atoms with Crippen LogP contribution >= 0.6 is 0 Å². The maximum atomic E-state index is 2.34. The molecule has 0 saturated carbocycles. The maximum Gasteiger partial charge on any atom is -0.0316 e. The molecule has 0 heteroatoms. The molecule has 0 N–H and O–H groups in total. The zero-order valence-corrected chi connectivity index (χ0v) is 7.97. The fourth-order valence-electron chi connectivity index (χ4n) is 1.54. The molecule has 0 radical (unpaired) electrons. The summed E-state index contributed by atoms with van der Waals surface area (Å²) < 4.78 is 0. The standard InChI is InChI=1S/C12H20/c1-2-4-6-8-10-12-11-9-7-5-3-1/h1-2,7,9H,3-6,8,10-12H2/b2-1-,9-7-. The van der Waals surface area contributed by atoms with Crippen molar-refractivity contribution in [2.45, 2.75) is 51.4 Å². The SMILES string of the molecule is C1=C\CCCCCC/C=C\CC/1. The van der Waals surface area contributed by atoms with Crippen LogP contribution in [0.1, 0.15) is 51.4 Å². The summed E-state index contributed by atoms with van der Waals surface area (Å²) in [5.74, 6) is 0. The predicted octanol–water partition coefficient (Wildman–Crippen LogP) is 4.23. The summed E-state index contributed by atoms with van der Waals surface area (Å²) in [6.45, 7) is 0. The number of hydrogen-bond donors (Lipinski definition) is 0. The van der Waals surface area contributed by atoms with Gasteiger partial charge in [-0.25, -0.2) is 0 Å². The van der Waals surface area contributed by atoms with E-state index in [1.54, 1.807) is 0 Å². The van der Waals surface area contributed by atoms with Crippen LogP contribution in [0.3, 0.4) is 0 Å². The van der Waals surface area contributed by atoms with Crippen molar-refractivity contribution in [2.75, 3.05) is 0 Å². The van der Waals surface area contributed by atoms with Gasteiger partial charge in [-0.15, -0.1) is 0 Å². The molecule has 1 rings (SSSR count). The molecule has 0 unspecified atom stereocenters. The molecule has 0 aromatic rings. The Bertz CT molecular complexity index is 124. The highest BCUT2D eigenvalue weighted by atomic mass is 13.9. The van der Waals surface area contributed by atoms with E-state index >= 15 is 0 Å². The van der Waals surface area contributed by atoms with Crippen LogP contribution in [0.5, 0.6) is 0 Å². The van der Waals surface area contributed by atoms with Crippen molar-refractivity contribution in [3.8, 4) is 0 Å². The molecular weight excluding hydrogens is 144 g/mol. The fraction of sp³-hybridized carbons (Fsp3) is 0.667. The van der Waals surface area contributed by atoms with Crippen molar-refractivity contribution in [1.29, 1.82) is 0 Å². The number of rotatable bonds is 0. The lowest BCUT2D eigenvalue weighted by atomic mass is 10.1. The molecule has 1 aliphatic rings. The molecule has 0 aromatic carbocycles. The first-order chi connectivity index (χ1) is 6.00. The Kier molecular flexibility index (Phi) is 5.70. The van der Waals surface area contributed by atoms with Gasteiger partial charge in [-0.3, -0.25) is 0 Å². The summed E-state index contributed by atoms with van der Waals surface area (Å²) in [4.78, 5) is 0. The highest BCUT2D eigenvalue weighted by Gasteiger charge is 1.88. The summed E-state index contributed by atoms with van der Waals surface area (Å²) in [5.41, 5.74) is 0. The molecule has 0 spiro atoms. The van der Waals surface area contributed by atoms with Crippen molar-refractivity contribution in [1.82, 2.24) is 0 Å². The second-order valence-electron chi connectivity index (χ2n) is 3.51. The first-order valence-electron chi connectivity index (χ1n) is 5.30. The van der Waals surface area contributed by atoms with Gasteiger partial charge in [0.15, 0.2) is 0 Å². The van der Waals surface area contributed by atoms with Gasteiger partial charge >= 0.3 is 0 Å². The first kappa shape index (κ1) is 9.57. The zero-order valence-electron chi connectivity index (χ0n) is 7.97. The van der Waals surface area contributed by atoms with Crippen molar-refractivity contribution in [2.24, 2.45) is 0 Å².